The Morgan fingerprint density at radius 2 is 1.79 bits per heavy atom. The van der Waals surface area contributed by atoms with Crippen molar-refractivity contribution in [2.45, 2.75) is 51.9 Å². The van der Waals surface area contributed by atoms with E-state index in [0.717, 1.165) is 5.46 Å². The summed E-state index contributed by atoms with van der Waals surface area (Å²) in [6.07, 6.45) is 4.39. The lowest BCUT2D eigenvalue weighted by Crippen LogP contribution is -2.41. The van der Waals surface area contributed by atoms with Crippen molar-refractivity contribution in [3.63, 3.8) is 0 Å². The highest BCUT2D eigenvalue weighted by molar-refractivity contribution is 6.62. The number of hydrogen-bond acceptors (Lipinski definition) is 3. The Kier molecular flexibility index (Phi) is 3.22. The van der Waals surface area contributed by atoms with Gasteiger partial charge in [-0.1, -0.05) is 12.1 Å². The molecule has 1 saturated heterocycles. The van der Waals surface area contributed by atoms with E-state index in [1.807, 2.05) is 0 Å². The Morgan fingerprint density at radius 3 is 2.46 bits per heavy atom. The van der Waals surface area contributed by atoms with Gasteiger partial charge in [0.2, 0.25) is 0 Å². The van der Waals surface area contributed by atoms with Gasteiger partial charge in [0.15, 0.2) is 0 Å². The molecule has 4 nitrogen and oxygen atoms in total. The molecule has 1 N–H and O–H groups in total. The second-order valence-electron chi connectivity index (χ2n) is 7.99. The summed E-state index contributed by atoms with van der Waals surface area (Å²) in [5, 5.41) is 7.17. The lowest BCUT2D eigenvalue weighted by Gasteiger charge is -2.32. The number of hydrogen-bond donors (Lipinski definition) is 1. The molecule has 0 amide bonds. The van der Waals surface area contributed by atoms with Gasteiger partial charge in [-0.3, -0.25) is 0 Å². The van der Waals surface area contributed by atoms with E-state index in [-0.39, 0.29) is 18.3 Å². The van der Waals surface area contributed by atoms with Gasteiger partial charge in [0.05, 0.1) is 11.2 Å². The van der Waals surface area contributed by atoms with Gasteiger partial charge >= 0.3 is 7.12 Å². The van der Waals surface area contributed by atoms with Crippen LogP contribution in [0.4, 0.5) is 0 Å². The first-order valence-corrected chi connectivity index (χ1v) is 8.62. The largest absolute Gasteiger partial charge is 0.494 e. The number of rotatable bonds is 1. The quantitative estimate of drug-likeness (QED) is 0.795. The van der Waals surface area contributed by atoms with Crippen molar-refractivity contribution in [3.8, 4) is 0 Å². The highest BCUT2D eigenvalue weighted by atomic mass is 16.7. The average molecular weight is 324 g/mol. The summed E-state index contributed by atoms with van der Waals surface area (Å²) >= 11 is 0. The fraction of sp³-hybridized carbons (Fsp3) is 0.474. The van der Waals surface area contributed by atoms with Crippen molar-refractivity contribution in [2.75, 3.05) is 0 Å². The molecule has 1 atom stereocenters. The van der Waals surface area contributed by atoms with E-state index in [1.54, 1.807) is 0 Å². The van der Waals surface area contributed by atoms with Crippen LogP contribution in [0.25, 0.3) is 23.2 Å². The summed E-state index contributed by atoms with van der Waals surface area (Å²) in [5.41, 5.74) is 1.64. The zero-order valence-corrected chi connectivity index (χ0v) is 15.3. The third-order valence-corrected chi connectivity index (χ3v) is 5.73. The number of aromatic nitrogens is 1. The fourth-order valence-corrected chi connectivity index (χ4v) is 3.48. The van der Waals surface area contributed by atoms with E-state index < -0.39 is 0 Å². The first-order valence-electron chi connectivity index (χ1n) is 8.62. The summed E-state index contributed by atoms with van der Waals surface area (Å²) in [7, 11) is 1.80. The van der Waals surface area contributed by atoms with Crippen molar-refractivity contribution in [3.05, 3.63) is 28.8 Å². The molecule has 3 heterocycles. The smallest absolute Gasteiger partial charge is 0.399 e. The molecule has 0 saturated carbocycles. The summed E-state index contributed by atoms with van der Waals surface area (Å²) in [6, 6.07) is 6.85. The molecule has 2 aromatic rings. The Labute approximate surface area is 143 Å². The Hall–Kier alpha value is -1.72. The maximum atomic E-state index is 6.20. The summed E-state index contributed by atoms with van der Waals surface area (Å²) in [5.74, 6) is 0. The first kappa shape index (κ1) is 15.8. The van der Waals surface area contributed by atoms with Gasteiger partial charge in [-0.2, -0.15) is 0 Å². The van der Waals surface area contributed by atoms with E-state index in [2.05, 4.69) is 82.0 Å². The zero-order valence-electron chi connectivity index (χ0n) is 15.3. The lowest BCUT2D eigenvalue weighted by molar-refractivity contribution is 0.00578. The molecule has 0 spiro atoms. The molecular formula is C19H25BN2O2. The third-order valence-electron chi connectivity index (χ3n) is 5.73. The van der Waals surface area contributed by atoms with Gasteiger partial charge < -0.3 is 19.2 Å². The summed E-state index contributed by atoms with van der Waals surface area (Å²) in [4.78, 5) is 0. The predicted molar refractivity (Wildman–Crippen MR) is 99.4 cm³/mol. The molecule has 1 aromatic heterocycles. The molecule has 1 aromatic carbocycles. The van der Waals surface area contributed by atoms with Crippen LogP contribution < -0.4 is 21.3 Å². The Bertz CT molecular complexity index is 926. The molecule has 126 valence electrons. The third kappa shape index (κ3) is 2.15. The minimum atomic E-state index is -0.323. The van der Waals surface area contributed by atoms with Crippen LogP contribution in [-0.2, 0) is 16.4 Å². The normalized spacial score (nSPS) is 24.2. The van der Waals surface area contributed by atoms with Gasteiger partial charge in [-0.25, -0.2) is 0 Å². The topological polar surface area (TPSA) is 35.4 Å². The maximum absolute atomic E-state index is 6.20. The number of nitrogens with zero attached hydrogens (tertiary/aromatic N) is 1. The van der Waals surface area contributed by atoms with Gasteiger partial charge in [-0.15, -0.1) is 0 Å². The maximum Gasteiger partial charge on any atom is 0.494 e. The van der Waals surface area contributed by atoms with Crippen LogP contribution in [0.2, 0.25) is 0 Å². The van der Waals surface area contributed by atoms with Crippen molar-refractivity contribution in [1.29, 1.82) is 0 Å². The fourth-order valence-electron chi connectivity index (χ4n) is 3.48. The number of benzene rings is 1. The van der Waals surface area contributed by atoms with Crippen molar-refractivity contribution in [2.24, 2.45) is 7.05 Å². The average Bonchev–Trinajstić information content (AvgIpc) is 2.90. The SMILES string of the molecule is CC1C=c2c(c3ccc(B4OC(C)(C)C(C)(C)O4)cc3n2C)=CN1. The molecule has 1 fully saturated rings. The highest BCUT2D eigenvalue weighted by Crippen LogP contribution is 2.36. The van der Waals surface area contributed by atoms with Crippen LogP contribution in [-0.4, -0.2) is 28.9 Å². The molecule has 2 aliphatic rings. The molecule has 0 radical (unpaired) electrons. The second-order valence-corrected chi connectivity index (χ2v) is 7.99. The van der Waals surface area contributed by atoms with Crippen LogP contribution in [0.3, 0.4) is 0 Å². The molecule has 2 aliphatic heterocycles. The standard InChI is InChI=1S/C19H25BN2O2/c1-12-9-16-15(11-21-12)14-8-7-13(10-17(14)22(16)6)20-23-18(2,3)19(4,5)24-20/h7-12,21H,1-6H3. The molecule has 1 unspecified atom stereocenters. The number of nitrogens with one attached hydrogen (secondary N) is 1. The lowest BCUT2D eigenvalue weighted by atomic mass is 9.79. The van der Waals surface area contributed by atoms with Gasteiger partial charge in [0, 0.05) is 40.8 Å². The minimum Gasteiger partial charge on any atom is -0.399 e. The Balaban J connectivity index is 1.84. The van der Waals surface area contributed by atoms with E-state index >= 15 is 0 Å². The van der Waals surface area contributed by atoms with Gasteiger partial charge in [0.25, 0.3) is 0 Å². The van der Waals surface area contributed by atoms with E-state index in [0.29, 0.717) is 6.04 Å². The van der Waals surface area contributed by atoms with Crippen LogP contribution >= 0.6 is 0 Å². The van der Waals surface area contributed by atoms with Crippen molar-refractivity contribution < 1.29 is 9.31 Å². The molecule has 0 bridgehead atoms. The molecule has 4 rings (SSSR count). The van der Waals surface area contributed by atoms with Crippen LogP contribution in [0.15, 0.2) is 18.2 Å². The second kappa shape index (κ2) is 4.90. The molecule has 0 aliphatic carbocycles. The first-order chi connectivity index (χ1) is 11.2. The highest BCUT2D eigenvalue weighted by Gasteiger charge is 2.51. The zero-order chi connectivity index (χ0) is 17.3. The molecular weight excluding hydrogens is 299 g/mol. The molecule has 24 heavy (non-hydrogen) atoms. The summed E-state index contributed by atoms with van der Waals surface area (Å²) in [6.45, 7) is 10.5. The van der Waals surface area contributed by atoms with Crippen LogP contribution in [0.1, 0.15) is 34.6 Å². The number of aryl methyl sites for hydroxylation is 1. The van der Waals surface area contributed by atoms with Gasteiger partial charge in [0.1, 0.15) is 0 Å². The molecule has 5 heteroatoms. The van der Waals surface area contributed by atoms with Crippen LogP contribution in [0.5, 0.6) is 0 Å². The Morgan fingerprint density at radius 1 is 1.12 bits per heavy atom. The minimum absolute atomic E-state index is 0.318. The number of fused-ring (bicyclic) bond motifs is 3. The van der Waals surface area contributed by atoms with Crippen molar-refractivity contribution >= 4 is 35.8 Å². The van der Waals surface area contributed by atoms with E-state index in [9.17, 15) is 0 Å². The summed E-state index contributed by atoms with van der Waals surface area (Å²) < 4.78 is 14.7. The van der Waals surface area contributed by atoms with Crippen molar-refractivity contribution in [1.82, 2.24) is 9.88 Å². The van der Waals surface area contributed by atoms with Gasteiger partial charge in [-0.05, 0) is 52.2 Å². The van der Waals surface area contributed by atoms with E-state index in [1.165, 1.54) is 21.5 Å². The van der Waals surface area contributed by atoms with Crippen LogP contribution in [0, 0.1) is 0 Å². The predicted octanol–water partition coefficient (Wildman–Crippen LogP) is 0.988. The monoisotopic (exact) mass is 324 g/mol. The van der Waals surface area contributed by atoms with E-state index in [4.69, 9.17) is 9.31 Å².